The highest BCUT2D eigenvalue weighted by Gasteiger charge is 2.18. The van der Waals surface area contributed by atoms with Crippen molar-refractivity contribution < 1.29 is 9.47 Å². The molecule has 2 aromatic carbocycles. The van der Waals surface area contributed by atoms with Crippen LogP contribution in [-0.2, 0) is 13.2 Å². The first-order valence-electron chi connectivity index (χ1n) is 11.2. The lowest BCUT2D eigenvalue weighted by atomic mass is 9.89. The smallest absolute Gasteiger partial charge is 0.276 e. The van der Waals surface area contributed by atoms with Crippen LogP contribution in [0.3, 0.4) is 0 Å². The van der Waals surface area contributed by atoms with Crippen LogP contribution >= 0.6 is 0 Å². The normalized spacial score (nSPS) is 14.2. The third kappa shape index (κ3) is 6.20. The fourth-order valence-electron chi connectivity index (χ4n) is 4.06. The maximum Gasteiger partial charge on any atom is 0.276 e. The Balaban J connectivity index is 1.48. The Morgan fingerprint density at radius 3 is 2.06 bits per heavy atom. The van der Waals surface area contributed by atoms with Crippen LogP contribution < -0.4 is 14.4 Å². The van der Waals surface area contributed by atoms with E-state index in [2.05, 4.69) is 34.3 Å². The molecule has 5 heteroatoms. The molecule has 1 fully saturated rings. The fraction of sp³-hybridized carbons (Fsp3) is 0.385. The second-order valence-corrected chi connectivity index (χ2v) is 8.31. The van der Waals surface area contributed by atoms with E-state index in [-0.39, 0.29) is 0 Å². The summed E-state index contributed by atoms with van der Waals surface area (Å²) >= 11 is 0. The number of ether oxygens (including phenoxy) is 2. The molecule has 0 saturated heterocycles. The van der Waals surface area contributed by atoms with E-state index >= 15 is 0 Å². The summed E-state index contributed by atoms with van der Waals surface area (Å²) in [6.45, 7) is 1.88. The molecule has 1 saturated carbocycles. The number of anilines is 1. The van der Waals surface area contributed by atoms with E-state index in [1.165, 1.54) is 32.1 Å². The Labute approximate surface area is 185 Å². The quantitative estimate of drug-likeness (QED) is 0.450. The van der Waals surface area contributed by atoms with Crippen molar-refractivity contribution in [2.45, 2.75) is 45.3 Å². The standard InChI is InChI=1S/C26H31N3O2/c1-29(18-21-11-5-2-6-12-21)25-17-24(30-19-22-13-7-3-8-14-22)26(28-27-25)31-20-23-15-9-4-10-16-23/h3-4,7-10,13-17,21H,2,5-6,11-12,18-20H2,1H3. The van der Waals surface area contributed by atoms with Crippen molar-refractivity contribution in [2.75, 3.05) is 18.5 Å². The first kappa shape index (κ1) is 21.2. The van der Waals surface area contributed by atoms with Crippen LogP contribution in [0.1, 0.15) is 43.2 Å². The van der Waals surface area contributed by atoms with Gasteiger partial charge >= 0.3 is 0 Å². The zero-order chi connectivity index (χ0) is 21.3. The van der Waals surface area contributed by atoms with Gasteiger partial charge in [-0.3, -0.25) is 0 Å². The number of hydrogen-bond donors (Lipinski definition) is 0. The van der Waals surface area contributed by atoms with Crippen molar-refractivity contribution in [3.63, 3.8) is 0 Å². The Hall–Kier alpha value is -3.08. The van der Waals surface area contributed by atoms with Gasteiger partial charge in [-0.2, -0.15) is 0 Å². The third-order valence-corrected chi connectivity index (χ3v) is 5.82. The molecule has 1 heterocycles. The molecule has 0 spiro atoms. The van der Waals surface area contributed by atoms with E-state index in [9.17, 15) is 0 Å². The maximum absolute atomic E-state index is 6.14. The van der Waals surface area contributed by atoms with Crippen molar-refractivity contribution in [1.29, 1.82) is 0 Å². The second kappa shape index (κ2) is 10.8. The molecular weight excluding hydrogens is 386 g/mol. The SMILES string of the molecule is CN(CC1CCCCC1)c1cc(OCc2ccccc2)c(OCc2ccccc2)nn1. The molecule has 4 rings (SSSR count). The van der Waals surface area contributed by atoms with Crippen molar-refractivity contribution in [3.8, 4) is 11.6 Å². The van der Waals surface area contributed by atoms with Gasteiger partial charge in [0.1, 0.15) is 13.2 Å². The summed E-state index contributed by atoms with van der Waals surface area (Å²) < 4.78 is 12.1. The Morgan fingerprint density at radius 1 is 0.806 bits per heavy atom. The molecule has 0 atom stereocenters. The molecule has 0 amide bonds. The van der Waals surface area contributed by atoms with Gasteiger partial charge in [-0.25, -0.2) is 0 Å². The van der Waals surface area contributed by atoms with E-state index in [0.717, 1.165) is 29.4 Å². The summed E-state index contributed by atoms with van der Waals surface area (Å²) in [5, 5.41) is 8.82. The van der Waals surface area contributed by atoms with Crippen LogP contribution in [-0.4, -0.2) is 23.8 Å². The van der Waals surface area contributed by atoms with Crippen LogP contribution in [0.4, 0.5) is 5.82 Å². The van der Waals surface area contributed by atoms with Gasteiger partial charge < -0.3 is 14.4 Å². The highest BCUT2D eigenvalue weighted by Crippen LogP contribution is 2.30. The second-order valence-electron chi connectivity index (χ2n) is 8.31. The number of benzene rings is 2. The predicted octanol–water partition coefficient (Wildman–Crippen LogP) is 5.65. The van der Waals surface area contributed by atoms with Crippen LogP contribution in [0, 0.1) is 5.92 Å². The molecule has 0 radical (unpaired) electrons. The van der Waals surface area contributed by atoms with Gasteiger partial charge in [0.15, 0.2) is 11.6 Å². The fourth-order valence-corrected chi connectivity index (χ4v) is 4.06. The van der Waals surface area contributed by atoms with Gasteiger partial charge in [0.2, 0.25) is 0 Å². The zero-order valence-corrected chi connectivity index (χ0v) is 18.2. The molecule has 0 aliphatic heterocycles. The topological polar surface area (TPSA) is 47.5 Å². The molecule has 3 aromatic rings. The van der Waals surface area contributed by atoms with Gasteiger partial charge in [-0.15, -0.1) is 10.2 Å². The van der Waals surface area contributed by atoms with Crippen LogP contribution in [0.25, 0.3) is 0 Å². The number of hydrogen-bond acceptors (Lipinski definition) is 5. The van der Waals surface area contributed by atoms with Gasteiger partial charge in [0.05, 0.1) is 0 Å². The Morgan fingerprint density at radius 2 is 1.42 bits per heavy atom. The summed E-state index contributed by atoms with van der Waals surface area (Å²) in [4.78, 5) is 2.19. The number of rotatable bonds is 9. The van der Waals surface area contributed by atoms with Gasteiger partial charge in [0.25, 0.3) is 5.88 Å². The molecular formula is C26H31N3O2. The molecule has 31 heavy (non-hydrogen) atoms. The molecule has 1 aliphatic carbocycles. The van der Waals surface area contributed by atoms with E-state index in [0.29, 0.717) is 24.8 Å². The molecule has 162 valence electrons. The summed E-state index contributed by atoms with van der Waals surface area (Å²) in [5.41, 5.74) is 2.18. The summed E-state index contributed by atoms with van der Waals surface area (Å²) in [7, 11) is 2.09. The minimum Gasteiger partial charge on any atom is -0.483 e. The monoisotopic (exact) mass is 417 g/mol. The molecule has 1 aromatic heterocycles. The molecule has 5 nitrogen and oxygen atoms in total. The van der Waals surface area contributed by atoms with E-state index in [1.54, 1.807) is 0 Å². The summed E-state index contributed by atoms with van der Waals surface area (Å²) in [5.74, 6) is 2.60. The largest absolute Gasteiger partial charge is 0.483 e. The number of nitrogens with zero attached hydrogens (tertiary/aromatic N) is 3. The first-order valence-corrected chi connectivity index (χ1v) is 11.2. The molecule has 0 bridgehead atoms. The van der Waals surface area contributed by atoms with Crippen molar-refractivity contribution in [1.82, 2.24) is 10.2 Å². The van der Waals surface area contributed by atoms with Crippen LogP contribution in [0.5, 0.6) is 11.6 Å². The first-order chi connectivity index (χ1) is 15.3. The maximum atomic E-state index is 6.14. The highest BCUT2D eigenvalue weighted by molar-refractivity contribution is 5.46. The van der Waals surface area contributed by atoms with E-state index in [4.69, 9.17) is 9.47 Å². The average Bonchev–Trinajstić information content (AvgIpc) is 2.83. The van der Waals surface area contributed by atoms with Crippen LogP contribution in [0.15, 0.2) is 66.7 Å². The Kier molecular flexibility index (Phi) is 7.37. The predicted molar refractivity (Wildman–Crippen MR) is 123 cm³/mol. The lowest BCUT2D eigenvalue weighted by molar-refractivity contribution is 0.244. The average molecular weight is 418 g/mol. The lowest BCUT2D eigenvalue weighted by Gasteiger charge is -2.27. The summed E-state index contributed by atoms with van der Waals surface area (Å²) in [6.07, 6.45) is 6.63. The summed E-state index contributed by atoms with van der Waals surface area (Å²) in [6, 6.07) is 22.2. The highest BCUT2D eigenvalue weighted by atomic mass is 16.5. The number of aromatic nitrogens is 2. The van der Waals surface area contributed by atoms with Gasteiger partial charge in [-0.05, 0) is 29.9 Å². The van der Waals surface area contributed by atoms with Crippen molar-refractivity contribution in [3.05, 3.63) is 77.9 Å². The van der Waals surface area contributed by atoms with Crippen molar-refractivity contribution in [2.24, 2.45) is 5.92 Å². The van der Waals surface area contributed by atoms with E-state index in [1.807, 2.05) is 54.6 Å². The third-order valence-electron chi connectivity index (χ3n) is 5.82. The Bertz CT molecular complexity index is 928. The minimum absolute atomic E-state index is 0.425. The molecule has 1 aliphatic rings. The van der Waals surface area contributed by atoms with E-state index < -0.39 is 0 Å². The zero-order valence-electron chi connectivity index (χ0n) is 18.2. The minimum atomic E-state index is 0.425. The van der Waals surface area contributed by atoms with Crippen molar-refractivity contribution >= 4 is 5.82 Å². The lowest BCUT2D eigenvalue weighted by Crippen LogP contribution is -2.27. The van der Waals surface area contributed by atoms with Gasteiger partial charge in [-0.1, -0.05) is 79.9 Å². The van der Waals surface area contributed by atoms with Gasteiger partial charge in [0, 0.05) is 19.7 Å². The molecule has 0 unspecified atom stereocenters. The molecule has 0 N–H and O–H groups in total. The van der Waals surface area contributed by atoms with Crippen LogP contribution in [0.2, 0.25) is 0 Å².